The fourth-order valence-corrected chi connectivity index (χ4v) is 3.14. The van der Waals surface area contributed by atoms with Crippen molar-refractivity contribution in [1.29, 1.82) is 0 Å². The molecule has 1 aromatic rings. The maximum Gasteiger partial charge on any atom is 0.239 e. The molecule has 0 saturated carbocycles. The first kappa shape index (κ1) is 14.5. The second-order valence-electron chi connectivity index (χ2n) is 4.62. The summed E-state index contributed by atoms with van der Waals surface area (Å²) in [5.41, 5.74) is 6.63. The predicted octanol–water partition coefficient (Wildman–Crippen LogP) is 1.28. The monoisotopic (exact) mass is 270 g/mol. The molecule has 0 radical (unpaired) electrons. The van der Waals surface area contributed by atoms with Gasteiger partial charge in [0.25, 0.3) is 0 Å². The van der Waals surface area contributed by atoms with Crippen molar-refractivity contribution in [2.75, 3.05) is 22.6 Å². The van der Waals surface area contributed by atoms with Crippen molar-refractivity contribution in [3.8, 4) is 0 Å². The third-order valence-corrected chi connectivity index (χ3v) is 4.01. The van der Waals surface area contributed by atoms with Gasteiger partial charge in [-0.05, 0) is 30.2 Å². The van der Waals surface area contributed by atoms with Crippen molar-refractivity contribution in [2.24, 2.45) is 5.92 Å². The molecule has 100 valence electrons. The van der Waals surface area contributed by atoms with Gasteiger partial charge in [0.1, 0.15) is 5.75 Å². The highest BCUT2D eigenvalue weighted by molar-refractivity contribution is 7.92. The maximum absolute atomic E-state index is 11.6. The number of nitrogens with two attached hydrogens (primary N) is 1. The molecule has 0 aromatic heterocycles. The van der Waals surface area contributed by atoms with Gasteiger partial charge in [-0.3, -0.25) is 4.79 Å². The third kappa shape index (κ3) is 5.18. The third-order valence-electron chi connectivity index (χ3n) is 2.13. The molecule has 1 amide bonds. The summed E-state index contributed by atoms with van der Waals surface area (Å²) in [6.45, 7) is 3.60. The topological polar surface area (TPSA) is 89.3 Å². The van der Waals surface area contributed by atoms with Crippen molar-refractivity contribution in [1.82, 2.24) is 0 Å². The zero-order valence-electron chi connectivity index (χ0n) is 10.5. The molecule has 0 bridgehead atoms. The van der Waals surface area contributed by atoms with E-state index in [1.54, 1.807) is 38.1 Å². The number of carbonyl (C=O) groups is 1. The van der Waals surface area contributed by atoms with Gasteiger partial charge in [-0.15, -0.1) is 0 Å². The molecule has 0 unspecified atom stereocenters. The Balaban J connectivity index is 2.59. The van der Waals surface area contributed by atoms with Gasteiger partial charge in [-0.25, -0.2) is 8.42 Å². The summed E-state index contributed by atoms with van der Waals surface area (Å²) in [6.07, 6.45) is 0. The van der Waals surface area contributed by atoms with E-state index in [4.69, 9.17) is 5.73 Å². The minimum atomic E-state index is -3.35. The number of sulfone groups is 1. The van der Waals surface area contributed by atoms with E-state index in [0.29, 0.717) is 11.4 Å². The van der Waals surface area contributed by atoms with Gasteiger partial charge in [0.2, 0.25) is 5.91 Å². The van der Waals surface area contributed by atoms with Crippen LogP contribution in [0.5, 0.6) is 0 Å². The number of anilines is 2. The Kier molecular flexibility index (Phi) is 4.72. The molecule has 0 saturated heterocycles. The summed E-state index contributed by atoms with van der Waals surface area (Å²) in [4.78, 5) is 11.6. The van der Waals surface area contributed by atoms with Crippen molar-refractivity contribution in [2.45, 2.75) is 13.8 Å². The fourth-order valence-electron chi connectivity index (χ4n) is 1.53. The largest absolute Gasteiger partial charge is 0.399 e. The molecule has 0 atom stereocenters. The number of hydrogen-bond donors (Lipinski definition) is 2. The van der Waals surface area contributed by atoms with Crippen LogP contribution in [0, 0.1) is 5.92 Å². The molecule has 0 aliphatic heterocycles. The molecular formula is C12H18N2O3S. The first-order chi connectivity index (χ1) is 8.28. The van der Waals surface area contributed by atoms with Crippen LogP contribution in [0.4, 0.5) is 11.4 Å². The molecule has 3 N–H and O–H groups in total. The Labute approximate surface area is 107 Å². The average Bonchev–Trinajstić information content (AvgIpc) is 2.18. The lowest BCUT2D eigenvalue weighted by Crippen LogP contribution is -2.26. The van der Waals surface area contributed by atoms with Crippen LogP contribution in [0.15, 0.2) is 24.3 Å². The number of nitrogens with one attached hydrogen (secondary N) is 1. The lowest BCUT2D eigenvalue weighted by molar-refractivity contribution is -0.113. The number of nitrogen functional groups attached to an aromatic ring is 1. The van der Waals surface area contributed by atoms with Gasteiger partial charge in [0, 0.05) is 11.4 Å². The number of hydrogen-bond acceptors (Lipinski definition) is 4. The number of benzene rings is 1. The van der Waals surface area contributed by atoms with Gasteiger partial charge in [-0.2, -0.15) is 0 Å². The molecule has 1 aromatic carbocycles. The van der Waals surface area contributed by atoms with Crippen LogP contribution in [0.1, 0.15) is 13.8 Å². The summed E-state index contributed by atoms with van der Waals surface area (Å²) < 4.78 is 23.2. The maximum atomic E-state index is 11.6. The Morgan fingerprint density at radius 1 is 1.28 bits per heavy atom. The van der Waals surface area contributed by atoms with Crippen LogP contribution in [0.2, 0.25) is 0 Å². The van der Waals surface area contributed by atoms with Gasteiger partial charge in [-0.1, -0.05) is 13.8 Å². The Morgan fingerprint density at radius 3 is 2.33 bits per heavy atom. The first-order valence-electron chi connectivity index (χ1n) is 5.64. The minimum Gasteiger partial charge on any atom is -0.399 e. The van der Waals surface area contributed by atoms with Crippen LogP contribution in [-0.2, 0) is 14.6 Å². The second kappa shape index (κ2) is 5.86. The van der Waals surface area contributed by atoms with Crippen molar-refractivity contribution in [3.05, 3.63) is 24.3 Å². The van der Waals surface area contributed by atoms with Crippen LogP contribution in [0.3, 0.4) is 0 Å². The highest BCUT2D eigenvalue weighted by Crippen LogP contribution is 2.10. The Hall–Kier alpha value is -1.56. The molecule has 1 rings (SSSR count). The first-order valence-corrected chi connectivity index (χ1v) is 7.46. The van der Waals surface area contributed by atoms with Crippen LogP contribution < -0.4 is 11.1 Å². The van der Waals surface area contributed by atoms with E-state index in [1.165, 1.54) is 0 Å². The molecule has 5 nitrogen and oxygen atoms in total. The number of carbonyl (C=O) groups excluding carboxylic acids is 1. The normalized spacial score (nSPS) is 11.5. The van der Waals surface area contributed by atoms with E-state index in [1.807, 2.05) is 0 Å². The molecule has 0 fully saturated rings. The predicted molar refractivity (Wildman–Crippen MR) is 73.0 cm³/mol. The summed E-state index contributed by atoms with van der Waals surface area (Å²) in [6, 6.07) is 6.53. The summed E-state index contributed by atoms with van der Waals surface area (Å²) in [7, 11) is -3.35. The standard InChI is InChI=1S/C12H18N2O3S/c1-9(2)7-18(16,17)8-12(15)14-11-5-3-10(13)4-6-11/h3-6,9H,7-8,13H2,1-2H3,(H,14,15). The molecule has 0 aliphatic rings. The van der Waals surface area contributed by atoms with Gasteiger partial charge < -0.3 is 11.1 Å². The van der Waals surface area contributed by atoms with Crippen molar-refractivity contribution in [3.63, 3.8) is 0 Å². The summed E-state index contributed by atoms with van der Waals surface area (Å²) in [5, 5.41) is 2.52. The number of rotatable bonds is 5. The molecule has 0 aliphatic carbocycles. The van der Waals surface area contributed by atoms with E-state index in [-0.39, 0.29) is 11.7 Å². The number of amides is 1. The highest BCUT2D eigenvalue weighted by atomic mass is 32.2. The average molecular weight is 270 g/mol. The lowest BCUT2D eigenvalue weighted by Gasteiger charge is -2.08. The van der Waals surface area contributed by atoms with Crippen LogP contribution in [0.25, 0.3) is 0 Å². The van der Waals surface area contributed by atoms with Crippen LogP contribution in [-0.4, -0.2) is 25.8 Å². The fraction of sp³-hybridized carbons (Fsp3) is 0.417. The highest BCUT2D eigenvalue weighted by Gasteiger charge is 2.18. The SMILES string of the molecule is CC(C)CS(=O)(=O)CC(=O)Nc1ccc(N)cc1. The van der Waals surface area contributed by atoms with Crippen molar-refractivity contribution >= 4 is 27.1 Å². The van der Waals surface area contributed by atoms with E-state index >= 15 is 0 Å². The van der Waals surface area contributed by atoms with E-state index < -0.39 is 21.5 Å². The van der Waals surface area contributed by atoms with Crippen LogP contribution >= 0.6 is 0 Å². The lowest BCUT2D eigenvalue weighted by atomic mass is 10.3. The second-order valence-corrected chi connectivity index (χ2v) is 6.73. The van der Waals surface area contributed by atoms with Crippen molar-refractivity contribution < 1.29 is 13.2 Å². The molecule has 0 heterocycles. The van der Waals surface area contributed by atoms with Gasteiger partial charge >= 0.3 is 0 Å². The van der Waals surface area contributed by atoms with Gasteiger partial charge in [0.15, 0.2) is 9.84 Å². The zero-order valence-corrected chi connectivity index (χ0v) is 11.3. The van der Waals surface area contributed by atoms with E-state index in [9.17, 15) is 13.2 Å². The minimum absolute atomic E-state index is 0.0133. The van der Waals surface area contributed by atoms with Gasteiger partial charge in [0.05, 0.1) is 5.75 Å². The smallest absolute Gasteiger partial charge is 0.239 e. The zero-order chi connectivity index (χ0) is 13.8. The van der Waals surface area contributed by atoms with E-state index in [2.05, 4.69) is 5.32 Å². The quantitative estimate of drug-likeness (QED) is 0.789. The Bertz CT molecular complexity index is 507. The van der Waals surface area contributed by atoms with E-state index in [0.717, 1.165) is 0 Å². The molecular weight excluding hydrogens is 252 g/mol. The Morgan fingerprint density at radius 2 is 1.83 bits per heavy atom. The molecule has 18 heavy (non-hydrogen) atoms. The molecule has 6 heteroatoms. The summed E-state index contributed by atoms with van der Waals surface area (Å²) in [5.74, 6) is -0.989. The molecule has 0 spiro atoms. The summed E-state index contributed by atoms with van der Waals surface area (Å²) >= 11 is 0.